The van der Waals surface area contributed by atoms with Crippen LogP contribution in [0.2, 0.25) is 0 Å². The van der Waals surface area contributed by atoms with Crippen molar-refractivity contribution in [2.24, 2.45) is 5.92 Å². The highest BCUT2D eigenvalue weighted by atomic mass is 16.1. The van der Waals surface area contributed by atoms with Crippen LogP contribution in [0.15, 0.2) is 0 Å². The molecule has 1 nitrogen and oxygen atoms in total. The second-order valence-electron chi connectivity index (χ2n) is 10.2. The summed E-state index contributed by atoms with van der Waals surface area (Å²) < 4.78 is 0. The zero-order chi connectivity index (χ0) is 22.7. The molecule has 0 N–H and O–H groups in total. The summed E-state index contributed by atoms with van der Waals surface area (Å²) in [5.41, 5.74) is 0. The van der Waals surface area contributed by atoms with Crippen molar-refractivity contribution in [1.82, 2.24) is 0 Å². The Kier molecular flexibility index (Phi) is 27.4. The number of hydrogen-bond acceptors (Lipinski definition) is 1. The van der Waals surface area contributed by atoms with Gasteiger partial charge in [-0.2, -0.15) is 0 Å². The van der Waals surface area contributed by atoms with E-state index in [1.165, 1.54) is 154 Å². The van der Waals surface area contributed by atoms with E-state index in [9.17, 15) is 4.79 Å². The van der Waals surface area contributed by atoms with Crippen LogP contribution >= 0.6 is 0 Å². The molecule has 1 heteroatoms. The van der Waals surface area contributed by atoms with E-state index < -0.39 is 0 Å². The van der Waals surface area contributed by atoms with Gasteiger partial charge in [0.15, 0.2) is 0 Å². The predicted octanol–water partition coefficient (Wildman–Crippen LogP) is 10.9. The largest absolute Gasteiger partial charge is 0.291 e. The summed E-state index contributed by atoms with van der Waals surface area (Å²) in [4.78, 5) is 11.2. The van der Waals surface area contributed by atoms with Crippen LogP contribution in [0.5, 0.6) is 0 Å². The van der Waals surface area contributed by atoms with E-state index in [4.69, 9.17) is 0 Å². The van der Waals surface area contributed by atoms with Gasteiger partial charge in [0.25, 0.3) is 0 Å². The minimum atomic E-state index is 0.214. The van der Waals surface area contributed by atoms with Crippen LogP contribution in [0, 0.1) is 5.92 Å². The van der Waals surface area contributed by atoms with Gasteiger partial charge in [-0.05, 0) is 12.8 Å². The molecule has 0 spiro atoms. The third-order valence-corrected chi connectivity index (χ3v) is 6.98. The van der Waals surface area contributed by atoms with Crippen molar-refractivity contribution in [3.8, 4) is 0 Å². The molecule has 0 aromatic carbocycles. The maximum absolute atomic E-state index is 11.2. The van der Waals surface area contributed by atoms with E-state index in [2.05, 4.69) is 20.1 Å². The van der Waals surface area contributed by atoms with Crippen LogP contribution in [-0.4, -0.2) is 6.29 Å². The molecule has 0 heterocycles. The van der Waals surface area contributed by atoms with Gasteiger partial charge in [-0.1, -0.05) is 168 Å². The Morgan fingerprint density at radius 3 is 0.839 bits per heavy atom. The first-order valence-electron chi connectivity index (χ1n) is 14.7. The number of unbranched alkanes of at least 4 members (excludes halogenated alkanes) is 22. The topological polar surface area (TPSA) is 17.1 Å². The summed E-state index contributed by atoms with van der Waals surface area (Å²) in [6.45, 7) is 4.57. The van der Waals surface area contributed by atoms with Crippen molar-refractivity contribution >= 4 is 6.29 Å². The van der Waals surface area contributed by atoms with E-state index in [0.29, 0.717) is 0 Å². The van der Waals surface area contributed by atoms with Gasteiger partial charge in [-0.15, -0.1) is 0 Å². The van der Waals surface area contributed by atoms with Gasteiger partial charge in [0.1, 0.15) is 0 Å². The molecule has 1 unspecified atom stereocenters. The van der Waals surface area contributed by atoms with Gasteiger partial charge in [0.05, 0.1) is 0 Å². The molecule has 0 aromatic heterocycles. The summed E-state index contributed by atoms with van der Waals surface area (Å²) >= 11 is 0. The Morgan fingerprint density at radius 1 is 0.387 bits per heavy atom. The average Bonchev–Trinajstić information content (AvgIpc) is 2.79. The minimum absolute atomic E-state index is 0.214. The molecule has 0 amide bonds. The van der Waals surface area contributed by atoms with Crippen LogP contribution in [0.1, 0.15) is 181 Å². The first kappa shape index (κ1) is 30.7. The summed E-state index contributed by atoms with van der Waals surface area (Å²) in [6, 6.07) is 0. The van der Waals surface area contributed by atoms with Crippen molar-refractivity contribution in [2.45, 2.75) is 181 Å². The van der Waals surface area contributed by atoms with Crippen LogP contribution in [-0.2, 0) is 4.79 Å². The molecule has 0 fully saturated rings. The fourth-order valence-corrected chi connectivity index (χ4v) is 4.73. The minimum Gasteiger partial charge on any atom is -0.291 e. The smallest absolute Gasteiger partial charge is 0.201 e. The summed E-state index contributed by atoms with van der Waals surface area (Å²) in [5, 5.41) is 0. The average molecular weight is 436 g/mol. The Balaban J connectivity index is 3.27. The monoisotopic (exact) mass is 435 g/mol. The van der Waals surface area contributed by atoms with Crippen molar-refractivity contribution < 1.29 is 4.79 Å². The highest BCUT2D eigenvalue weighted by molar-refractivity contribution is 5.54. The fourth-order valence-electron chi connectivity index (χ4n) is 4.73. The molecular weight excluding hydrogens is 376 g/mol. The number of rotatable bonds is 27. The van der Waals surface area contributed by atoms with E-state index in [0.717, 1.165) is 12.8 Å². The van der Waals surface area contributed by atoms with Crippen LogP contribution in [0.3, 0.4) is 0 Å². The lowest BCUT2D eigenvalue weighted by Crippen LogP contribution is -2.02. The lowest BCUT2D eigenvalue weighted by molar-refractivity contribution is 0.448. The zero-order valence-corrected chi connectivity index (χ0v) is 21.9. The molecule has 185 valence electrons. The van der Waals surface area contributed by atoms with Crippen LogP contribution < -0.4 is 0 Å². The molecular formula is C30H59O. The molecule has 0 aliphatic heterocycles. The van der Waals surface area contributed by atoms with Crippen molar-refractivity contribution in [2.75, 3.05) is 0 Å². The fraction of sp³-hybridized carbons (Fsp3) is 0.967. The second-order valence-corrected chi connectivity index (χ2v) is 10.2. The van der Waals surface area contributed by atoms with E-state index in [-0.39, 0.29) is 5.92 Å². The Labute approximate surface area is 197 Å². The third kappa shape index (κ3) is 25.8. The van der Waals surface area contributed by atoms with Crippen molar-refractivity contribution in [3.05, 3.63) is 0 Å². The zero-order valence-electron chi connectivity index (χ0n) is 21.9. The van der Waals surface area contributed by atoms with E-state index in [1.54, 1.807) is 0 Å². The molecule has 0 aromatic rings. The molecule has 0 saturated heterocycles. The molecule has 0 aliphatic rings. The molecule has 31 heavy (non-hydrogen) atoms. The Morgan fingerprint density at radius 2 is 0.613 bits per heavy atom. The van der Waals surface area contributed by atoms with Gasteiger partial charge in [0, 0.05) is 5.92 Å². The molecule has 1 atom stereocenters. The molecule has 0 bridgehead atoms. The Bertz CT molecular complexity index is 324. The van der Waals surface area contributed by atoms with Crippen LogP contribution in [0.25, 0.3) is 0 Å². The van der Waals surface area contributed by atoms with Gasteiger partial charge in [0.2, 0.25) is 6.29 Å². The SMILES string of the molecule is CCCCCCCCCCCCCCCCC([C]=O)CCCCCCCCCCCC. The van der Waals surface area contributed by atoms with Gasteiger partial charge >= 0.3 is 0 Å². The van der Waals surface area contributed by atoms with Crippen LogP contribution in [0.4, 0.5) is 0 Å². The normalized spacial score (nSPS) is 12.3. The number of hydrogen-bond donors (Lipinski definition) is 0. The molecule has 1 radical (unpaired) electrons. The molecule has 0 rings (SSSR count). The first-order valence-corrected chi connectivity index (χ1v) is 14.7. The predicted molar refractivity (Wildman–Crippen MR) is 141 cm³/mol. The quantitative estimate of drug-likeness (QED) is 0.117. The van der Waals surface area contributed by atoms with E-state index >= 15 is 0 Å². The molecule has 0 saturated carbocycles. The summed E-state index contributed by atoms with van der Waals surface area (Å²) in [7, 11) is 0. The number of carbonyl (C=O) groups excluding carboxylic acids is 1. The highest BCUT2D eigenvalue weighted by Gasteiger charge is 2.07. The maximum Gasteiger partial charge on any atom is 0.201 e. The van der Waals surface area contributed by atoms with Gasteiger partial charge in [-0.3, -0.25) is 4.79 Å². The first-order chi connectivity index (χ1) is 15.3. The maximum atomic E-state index is 11.2. The lowest BCUT2D eigenvalue weighted by Gasteiger charge is -2.09. The molecule has 0 aliphatic carbocycles. The van der Waals surface area contributed by atoms with Crippen molar-refractivity contribution in [1.29, 1.82) is 0 Å². The third-order valence-electron chi connectivity index (χ3n) is 6.98. The van der Waals surface area contributed by atoms with Crippen molar-refractivity contribution in [3.63, 3.8) is 0 Å². The van der Waals surface area contributed by atoms with E-state index in [1.807, 2.05) is 0 Å². The standard InChI is InChI=1S/C30H59O/c1-3-5-7-9-11-13-15-16-17-18-20-22-24-26-28-30(29-31)27-25-23-21-19-14-12-10-8-6-4-2/h30H,3-28H2,1-2H3. The lowest BCUT2D eigenvalue weighted by atomic mass is 9.95. The highest BCUT2D eigenvalue weighted by Crippen LogP contribution is 2.18. The van der Waals surface area contributed by atoms with Gasteiger partial charge in [-0.25, -0.2) is 0 Å². The summed E-state index contributed by atoms with van der Waals surface area (Å²) in [5.74, 6) is 0.214. The second kappa shape index (κ2) is 27.7. The Hall–Kier alpha value is -0.330. The summed E-state index contributed by atoms with van der Waals surface area (Å²) in [6.07, 6.45) is 37.8. The van der Waals surface area contributed by atoms with Gasteiger partial charge < -0.3 is 0 Å².